The van der Waals surface area contributed by atoms with Gasteiger partial charge in [0.05, 0.1) is 13.7 Å². The molecule has 0 saturated carbocycles. The number of amides is 1. The summed E-state index contributed by atoms with van der Waals surface area (Å²) in [6.07, 6.45) is 0. The molecule has 0 aliphatic carbocycles. The van der Waals surface area contributed by atoms with Crippen molar-refractivity contribution in [3.05, 3.63) is 78.4 Å². The second-order valence-corrected chi connectivity index (χ2v) is 6.35. The van der Waals surface area contributed by atoms with Crippen molar-refractivity contribution in [1.82, 2.24) is 0 Å². The van der Waals surface area contributed by atoms with Gasteiger partial charge in [0.1, 0.15) is 11.5 Å². The van der Waals surface area contributed by atoms with Crippen LogP contribution in [0, 0.1) is 0 Å². The molecular formula is C24H23NO6. The third kappa shape index (κ3) is 6.24. The van der Waals surface area contributed by atoms with Crippen LogP contribution in [0.3, 0.4) is 0 Å². The van der Waals surface area contributed by atoms with Crippen molar-refractivity contribution in [2.75, 3.05) is 25.6 Å². The van der Waals surface area contributed by atoms with Gasteiger partial charge in [-0.1, -0.05) is 12.1 Å². The zero-order chi connectivity index (χ0) is 22.1. The molecule has 7 heteroatoms. The highest BCUT2D eigenvalue weighted by molar-refractivity contribution is 6.04. The van der Waals surface area contributed by atoms with Crippen molar-refractivity contribution in [3.63, 3.8) is 0 Å². The number of carbonyl (C=O) groups is 2. The third-order valence-electron chi connectivity index (χ3n) is 4.19. The van der Waals surface area contributed by atoms with Crippen LogP contribution >= 0.6 is 0 Å². The first-order valence-electron chi connectivity index (χ1n) is 9.70. The van der Waals surface area contributed by atoms with Gasteiger partial charge in [-0.25, -0.2) is 4.79 Å². The van der Waals surface area contributed by atoms with Gasteiger partial charge in [0.15, 0.2) is 18.1 Å². The largest absolute Gasteiger partial charge is 0.497 e. The first-order chi connectivity index (χ1) is 15.1. The van der Waals surface area contributed by atoms with E-state index in [9.17, 15) is 9.59 Å². The lowest BCUT2D eigenvalue weighted by Crippen LogP contribution is -2.18. The van der Waals surface area contributed by atoms with Crippen molar-refractivity contribution < 1.29 is 28.5 Å². The summed E-state index contributed by atoms with van der Waals surface area (Å²) in [6.45, 7) is 2.08. The summed E-state index contributed by atoms with van der Waals surface area (Å²) in [4.78, 5) is 24.5. The smallest absolute Gasteiger partial charge is 0.349 e. The summed E-state index contributed by atoms with van der Waals surface area (Å²) in [6, 6.07) is 20.4. The molecule has 0 heterocycles. The van der Waals surface area contributed by atoms with E-state index in [1.807, 2.05) is 13.0 Å². The number of carbonyl (C=O) groups excluding carboxylic acids is 2. The minimum Gasteiger partial charge on any atom is -0.497 e. The molecule has 0 unspecified atom stereocenters. The van der Waals surface area contributed by atoms with Crippen molar-refractivity contribution in [3.8, 4) is 23.0 Å². The number of hydrogen-bond donors (Lipinski definition) is 1. The summed E-state index contributed by atoms with van der Waals surface area (Å²) in [5.74, 6) is 1.19. The minimum absolute atomic E-state index is 0.274. The van der Waals surface area contributed by atoms with Crippen molar-refractivity contribution in [1.29, 1.82) is 0 Å². The SMILES string of the molecule is CCOc1ccccc1OCC(=O)Oc1ccc(C(=O)Nc2ccc(OC)cc2)cc1. The Balaban J connectivity index is 1.52. The Kier molecular flexibility index (Phi) is 7.48. The number of benzene rings is 3. The summed E-state index contributed by atoms with van der Waals surface area (Å²) in [5, 5.41) is 2.79. The maximum Gasteiger partial charge on any atom is 0.349 e. The number of nitrogens with one attached hydrogen (secondary N) is 1. The van der Waals surface area contributed by atoms with E-state index >= 15 is 0 Å². The number of methoxy groups -OCH3 is 1. The lowest BCUT2D eigenvalue weighted by atomic mass is 10.2. The summed E-state index contributed by atoms with van der Waals surface area (Å²) in [7, 11) is 1.58. The van der Waals surface area contributed by atoms with Crippen molar-refractivity contribution in [2.45, 2.75) is 6.92 Å². The summed E-state index contributed by atoms with van der Waals surface area (Å²) >= 11 is 0. The second kappa shape index (κ2) is 10.7. The fourth-order valence-corrected chi connectivity index (χ4v) is 2.69. The van der Waals surface area contributed by atoms with Crippen LogP contribution in [0.15, 0.2) is 72.8 Å². The van der Waals surface area contributed by atoms with Gasteiger partial charge in [-0.15, -0.1) is 0 Å². The van der Waals surface area contributed by atoms with E-state index in [0.29, 0.717) is 40.9 Å². The molecule has 0 aliphatic rings. The van der Waals surface area contributed by atoms with Gasteiger partial charge in [0.25, 0.3) is 5.91 Å². The first kappa shape index (κ1) is 21.7. The van der Waals surface area contributed by atoms with Gasteiger partial charge in [0.2, 0.25) is 0 Å². The van der Waals surface area contributed by atoms with E-state index in [0.717, 1.165) is 0 Å². The molecule has 1 amide bonds. The van der Waals surface area contributed by atoms with E-state index in [1.165, 1.54) is 0 Å². The van der Waals surface area contributed by atoms with Crippen molar-refractivity contribution in [2.24, 2.45) is 0 Å². The lowest BCUT2D eigenvalue weighted by Gasteiger charge is -2.11. The van der Waals surface area contributed by atoms with E-state index in [2.05, 4.69) is 5.32 Å². The van der Waals surface area contributed by atoms with Gasteiger partial charge in [-0.2, -0.15) is 0 Å². The molecule has 0 bridgehead atoms. The highest BCUT2D eigenvalue weighted by atomic mass is 16.6. The maximum absolute atomic E-state index is 12.4. The van der Waals surface area contributed by atoms with Crippen molar-refractivity contribution >= 4 is 17.6 Å². The average molecular weight is 421 g/mol. The van der Waals surface area contributed by atoms with E-state index < -0.39 is 5.97 Å². The highest BCUT2D eigenvalue weighted by Crippen LogP contribution is 2.26. The zero-order valence-corrected chi connectivity index (χ0v) is 17.3. The highest BCUT2D eigenvalue weighted by Gasteiger charge is 2.11. The second-order valence-electron chi connectivity index (χ2n) is 6.35. The fourth-order valence-electron chi connectivity index (χ4n) is 2.69. The summed E-state index contributed by atoms with van der Waals surface area (Å²) in [5.41, 5.74) is 1.07. The van der Waals surface area contributed by atoms with Crippen LogP contribution in [0.2, 0.25) is 0 Å². The molecule has 0 saturated heterocycles. The Hall–Kier alpha value is -4.00. The van der Waals surface area contributed by atoms with Gasteiger partial charge in [-0.3, -0.25) is 4.79 Å². The molecule has 0 fully saturated rings. The average Bonchev–Trinajstić information content (AvgIpc) is 2.79. The molecule has 0 aliphatic heterocycles. The first-order valence-corrected chi connectivity index (χ1v) is 9.70. The third-order valence-corrected chi connectivity index (χ3v) is 4.19. The molecule has 1 N–H and O–H groups in total. The normalized spacial score (nSPS) is 10.1. The number of hydrogen-bond acceptors (Lipinski definition) is 6. The Labute approximate surface area is 180 Å². The Morgan fingerprint density at radius 3 is 2.03 bits per heavy atom. The standard InChI is InChI=1S/C24H23NO6/c1-3-29-21-6-4-5-7-22(21)30-16-23(26)31-20-12-8-17(9-13-20)24(27)25-18-10-14-19(28-2)15-11-18/h4-15H,3,16H2,1-2H3,(H,25,27). The van der Waals surface area contributed by atoms with Crippen LogP contribution in [-0.4, -0.2) is 32.2 Å². The fraction of sp³-hybridized carbons (Fsp3) is 0.167. The molecule has 3 aromatic carbocycles. The maximum atomic E-state index is 12.4. The van der Waals surface area contributed by atoms with Gasteiger partial charge < -0.3 is 24.3 Å². The molecule has 31 heavy (non-hydrogen) atoms. The number of esters is 1. The Bertz CT molecular complexity index is 1010. The Morgan fingerprint density at radius 1 is 0.806 bits per heavy atom. The minimum atomic E-state index is -0.568. The molecule has 3 aromatic rings. The molecule has 0 radical (unpaired) electrons. The number of anilines is 1. The number of ether oxygens (including phenoxy) is 4. The number of para-hydroxylation sites is 2. The molecule has 160 valence electrons. The van der Waals surface area contributed by atoms with E-state index in [1.54, 1.807) is 73.8 Å². The quantitative estimate of drug-likeness (QED) is 0.409. The molecule has 3 rings (SSSR count). The van der Waals surface area contributed by atoms with Crippen LogP contribution < -0.4 is 24.3 Å². The molecule has 0 spiro atoms. The van der Waals surface area contributed by atoms with E-state index in [4.69, 9.17) is 18.9 Å². The van der Waals surface area contributed by atoms with Gasteiger partial charge >= 0.3 is 5.97 Å². The Morgan fingerprint density at radius 2 is 1.42 bits per heavy atom. The topological polar surface area (TPSA) is 83.1 Å². The van der Waals surface area contributed by atoms with Gasteiger partial charge in [-0.05, 0) is 67.6 Å². The lowest BCUT2D eigenvalue weighted by molar-refractivity contribution is -0.136. The van der Waals surface area contributed by atoms with Crippen LogP contribution in [0.4, 0.5) is 5.69 Å². The molecule has 7 nitrogen and oxygen atoms in total. The van der Waals surface area contributed by atoms with Gasteiger partial charge in [0, 0.05) is 11.3 Å². The van der Waals surface area contributed by atoms with Crippen LogP contribution in [-0.2, 0) is 4.79 Å². The van der Waals surface area contributed by atoms with Crippen LogP contribution in [0.1, 0.15) is 17.3 Å². The zero-order valence-electron chi connectivity index (χ0n) is 17.3. The van der Waals surface area contributed by atoms with E-state index in [-0.39, 0.29) is 12.5 Å². The molecule has 0 atom stereocenters. The van der Waals surface area contributed by atoms with Crippen LogP contribution in [0.5, 0.6) is 23.0 Å². The monoisotopic (exact) mass is 421 g/mol. The predicted octanol–water partition coefficient (Wildman–Crippen LogP) is 4.33. The summed E-state index contributed by atoms with van der Waals surface area (Å²) < 4.78 is 21.3. The molecular weight excluding hydrogens is 398 g/mol. The van der Waals surface area contributed by atoms with Crippen LogP contribution in [0.25, 0.3) is 0 Å². The number of rotatable bonds is 9. The predicted molar refractivity (Wildman–Crippen MR) is 116 cm³/mol. The molecule has 0 aromatic heterocycles.